The van der Waals surface area contributed by atoms with Gasteiger partial charge in [-0.05, 0) is 17.7 Å². The molecule has 1 aromatic rings. The number of benzene rings is 1. The van der Waals surface area contributed by atoms with Gasteiger partial charge in [0.25, 0.3) is 0 Å². The van der Waals surface area contributed by atoms with Gasteiger partial charge < -0.3 is 4.74 Å². The molecule has 0 bridgehead atoms. The number of fused-ring (bicyclic) bond motifs is 1. The van der Waals surface area contributed by atoms with Gasteiger partial charge >= 0.3 is 12.1 Å². The van der Waals surface area contributed by atoms with E-state index in [9.17, 15) is 22.0 Å². The Morgan fingerprint density at radius 3 is 2.37 bits per heavy atom. The topological polar surface area (TPSA) is 9.23 Å². The fraction of sp³-hybridized carbons (Fsp3) is 0.455. The summed E-state index contributed by atoms with van der Waals surface area (Å²) in [6.45, 7) is 0.274. The average molecular weight is 410 g/mol. The van der Waals surface area contributed by atoms with E-state index >= 15 is 0 Å². The van der Waals surface area contributed by atoms with Crippen LogP contribution in [0.3, 0.4) is 0 Å². The molecule has 0 aliphatic carbocycles. The highest BCUT2D eigenvalue weighted by molar-refractivity contribution is 9.10. The highest BCUT2D eigenvalue weighted by Gasteiger charge is 2.62. The molecule has 0 saturated heterocycles. The Bertz CT molecular complexity index is 501. The van der Waals surface area contributed by atoms with E-state index in [-0.39, 0.29) is 17.9 Å². The van der Waals surface area contributed by atoms with Gasteiger partial charge in [0.15, 0.2) is 0 Å². The van der Waals surface area contributed by atoms with Gasteiger partial charge in [-0.3, -0.25) is 0 Å². The Morgan fingerprint density at radius 1 is 1.16 bits per heavy atom. The lowest BCUT2D eigenvalue weighted by Gasteiger charge is -2.26. The van der Waals surface area contributed by atoms with Gasteiger partial charge in [0, 0.05) is 16.5 Å². The van der Waals surface area contributed by atoms with Gasteiger partial charge in [0.05, 0.1) is 6.61 Å². The molecule has 2 rings (SSSR count). The van der Waals surface area contributed by atoms with Crippen LogP contribution >= 0.6 is 31.9 Å². The van der Waals surface area contributed by atoms with Crippen LogP contribution in [0.4, 0.5) is 22.0 Å². The van der Waals surface area contributed by atoms with E-state index in [0.717, 1.165) is 0 Å². The van der Waals surface area contributed by atoms with E-state index in [0.29, 0.717) is 16.5 Å². The van der Waals surface area contributed by atoms with Crippen LogP contribution in [0.2, 0.25) is 0 Å². The van der Waals surface area contributed by atoms with Crippen molar-refractivity contribution in [3.8, 4) is 5.75 Å². The van der Waals surface area contributed by atoms with Crippen molar-refractivity contribution in [2.45, 2.75) is 23.3 Å². The lowest BCUT2D eigenvalue weighted by Crippen LogP contribution is -2.40. The number of ether oxygens (including phenoxy) is 1. The van der Waals surface area contributed by atoms with Gasteiger partial charge in [-0.2, -0.15) is 22.0 Å². The maximum Gasteiger partial charge on any atom is 0.454 e. The van der Waals surface area contributed by atoms with E-state index in [1.54, 1.807) is 6.07 Å². The van der Waals surface area contributed by atoms with Crippen LogP contribution in [0.1, 0.15) is 16.0 Å². The molecule has 0 saturated carbocycles. The van der Waals surface area contributed by atoms with Gasteiger partial charge in [0.2, 0.25) is 0 Å². The molecule has 8 heteroatoms. The summed E-state index contributed by atoms with van der Waals surface area (Å²) in [7, 11) is 0. The number of rotatable bonds is 2. The zero-order valence-corrected chi connectivity index (χ0v) is 12.4. The lowest BCUT2D eigenvalue weighted by atomic mass is 10.0. The minimum Gasteiger partial charge on any atom is -0.493 e. The molecule has 0 radical (unpaired) electrons. The smallest absolute Gasteiger partial charge is 0.454 e. The lowest BCUT2D eigenvalue weighted by molar-refractivity contribution is -0.281. The summed E-state index contributed by atoms with van der Waals surface area (Å²) in [4.78, 5) is -2.19. The molecule has 0 N–H and O–H groups in total. The Morgan fingerprint density at radius 2 is 1.79 bits per heavy atom. The summed E-state index contributed by atoms with van der Waals surface area (Å²) < 4.78 is 69.5. The van der Waals surface area contributed by atoms with Gasteiger partial charge in [-0.1, -0.05) is 31.9 Å². The second kappa shape index (κ2) is 4.87. The molecule has 1 heterocycles. The van der Waals surface area contributed by atoms with E-state index in [2.05, 4.69) is 31.9 Å². The first kappa shape index (κ1) is 15.0. The average Bonchev–Trinajstić information content (AvgIpc) is 2.72. The third kappa shape index (κ3) is 2.61. The van der Waals surface area contributed by atoms with Crippen molar-refractivity contribution in [3.63, 3.8) is 0 Å². The van der Waals surface area contributed by atoms with Crippen LogP contribution in [-0.4, -0.2) is 18.7 Å². The fourth-order valence-electron chi connectivity index (χ4n) is 1.83. The second-order valence-electron chi connectivity index (χ2n) is 4.07. The van der Waals surface area contributed by atoms with Gasteiger partial charge in [-0.15, -0.1) is 0 Å². The monoisotopic (exact) mass is 408 g/mol. The first-order valence-corrected chi connectivity index (χ1v) is 6.89. The van der Waals surface area contributed by atoms with Gasteiger partial charge in [0.1, 0.15) is 10.6 Å². The molecular formula is C11H7Br2F5O. The Labute approximate surface area is 122 Å². The molecular weight excluding hydrogens is 403 g/mol. The third-order valence-electron chi connectivity index (χ3n) is 2.75. The van der Waals surface area contributed by atoms with Crippen LogP contribution in [0.15, 0.2) is 16.6 Å². The molecule has 19 heavy (non-hydrogen) atoms. The second-order valence-corrected chi connectivity index (χ2v) is 5.90. The van der Waals surface area contributed by atoms with Crippen molar-refractivity contribution in [2.24, 2.45) is 0 Å². The third-order valence-corrected chi connectivity index (χ3v) is 4.27. The van der Waals surface area contributed by atoms with Crippen molar-refractivity contribution in [3.05, 3.63) is 27.7 Å². The van der Waals surface area contributed by atoms with Crippen LogP contribution in [-0.2, 0) is 6.42 Å². The zero-order chi connectivity index (χ0) is 14.4. The Balaban J connectivity index is 2.48. The van der Waals surface area contributed by atoms with Crippen molar-refractivity contribution in [2.75, 3.05) is 6.61 Å². The van der Waals surface area contributed by atoms with Crippen LogP contribution in [0.5, 0.6) is 5.75 Å². The highest BCUT2D eigenvalue weighted by atomic mass is 79.9. The number of hydrogen-bond acceptors (Lipinski definition) is 1. The molecule has 0 spiro atoms. The molecule has 106 valence electrons. The Kier molecular flexibility index (Phi) is 3.85. The summed E-state index contributed by atoms with van der Waals surface area (Å²) in [5.41, 5.74) is 0.413. The summed E-state index contributed by atoms with van der Waals surface area (Å²) in [6.07, 6.45) is -5.14. The molecule has 1 unspecified atom stereocenters. The quantitative estimate of drug-likeness (QED) is 0.492. The number of halogens is 7. The number of alkyl halides is 6. The van der Waals surface area contributed by atoms with Crippen molar-refractivity contribution in [1.29, 1.82) is 0 Å². The fourth-order valence-corrected chi connectivity index (χ4v) is 2.95. The summed E-state index contributed by atoms with van der Waals surface area (Å²) >= 11 is 5.56. The minimum atomic E-state index is -5.63. The molecule has 1 aliphatic heterocycles. The molecule has 1 aliphatic rings. The predicted octanol–water partition coefficient (Wildman–Crippen LogP) is 5.02. The van der Waals surface area contributed by atoms with Crippen molar-refractivity contribution < 1.29 is 26.7 Å². The molecule has 1 nitrogen and oxygen atoms in total. The highest BCUT2D eigenvalue weighted by Crippen LogP contribution is 2.52. The molecule has 0 amide bonds. The number of hydrogen-bond donors (Lipinski definition) is 0. The maximum atomic E-state index is 13.4. The van der Waals surface area contributed by atoms with E-state index in [1.807, 2.05) is 0 Å². The SMILES string of the molecule is FC(F)(F)C(F)(F)C(Br)c1cc(Br)cc2c1OCC2. The minimum absolute atomic E-state index is 0.106. The van der Waals surface area contributed by atoms with E-state index < -0.39 is 16.9 Å². The van der Waals surface area contributed by atoms with Gasteiger partial charge in [-0.25, -0.2) is 0 Å². The Hall–Kier alpha value is -0.370. The van der Waals surface area contributed by atoms with Crippen LogP contribution in [0, 0.1) is 0 Å². The maximum absolute atomic E-state index is 13.4. The summed E-state index contributed by atoms with van der Waals surface area (Å²) in [6, 6.07) is 2.86. The summed E-state index contributed by atoms with van der Waals surface area (Å²) in [5, 5.41) is 0. The van der Waals surface area contributed by atoms with Crippen molar-refractivity contribution >= 4 is 31.9 Å². The normalized spacial score (nSPS) is 17.0. The van der Waals surface area contributed by atoms with Crippen LogP contribution < -0.4 is 4.74 Å². The zero-order valence-electron chi connectivity index (χ0n) is 9.20. The predicted molar refractivity (Wildman–Crippen MR) is 66.0 cm³/mol. The van der Waals surface area contributed by atoms with Crippen molar-refractivity contribution in [1.82, 2.24) is 0 Å². The van der Waals surface area contributed by atoms with E-state index in [4.69, 9.17) is 4.74 Å². The molecule has 1 atom stereocenters. The first-order valence-electron chi connectivity index (χ1n) is 5.18. The summed E-state index contributed by atoms with van der Waals surface area (Å²) in [5.74, 6) is -4.78. The largest absolute Gasteiger partial charge is 0.493 e. The van der Waals surface area contributed by atoms with E-state index in [1.165, 1.54) is 6.07 Å². The molecule has 0 fully saturated rings. The van der Waals surface area contributed by atoms with Crippen LogP contribution in [0.25, 0.3) is 0 Å². The molecule has 1 aromatic carbocycles. The standard InChI is InChI=1S/C11H7Br2F5O/c12-6-3-5-1-2-19-8(5)7(4-6)9(13)10(14,15)11(16,17)18/h3-4,9H,1-2H2. The first-order chi connectivity index (χ1) is 8.64. The molecule has 0 aromatic heterocycles.